The molecule has 2 saturated carbocycles. The topological polar surface area (TPSA) is 106 Å². The molecule has 0 bridgehead atoms. The van der Waals surface area contributed by atoms with E-state index in [2.05, 4.69) is 10.3 Å². The van der Waals surface area contributed by atoms with Gasteiger partial charge in [-0.05, 0) is 44.6 Å². The summed E-state index contributed by atoms with van der Waals surface area (Å²) in [6, 6.07) is 2.13. The summed E-state index contributed by atoms with van der Waals surface area (Å²) in [4.78, 5) is 22.6. The second kappa shape index (κ2) is 8.72. The Bertz CT molecular complexity index is 1150. The lowest BCUT2D eigenvalue weighted by molar-refractivity contribution is 0.105. The van der Waals surface area contributed by atoms with E-state index in [0.29, 0.717) is 55.8 Å². The maximum Gasteiger partial charge on any atom is 0.258 e. The Morgan fingerprint density at radius 2 is 1.84 bits per heavy atom. The quantitative estimate of drug-likeness (QED) is 0.675. The predicted molar refractivity (Wildman–Crippen MR) is 122 cm³/mol. The van der Waals surface area contributed by atoms with Crippen LogP contribution in [0.25, 0.3) is 11.0 Å². The summed E-state index contributed by atoms with van der Waals surface area (Å²) < 4.78 is 32.7. The molecule has 174 valence electrons. The van der Waals surface area contributed by atoms with Crippen LogP contribution in [0.2, 0.25) is 0 Å². The standard InChI is InChI=1S/C22H31N5O4S/c1-32(29,30)26-10-8-17(9-11-26)24-22-23-13-15-12-16(14-31-19-6-7-19)21(28)27(20(15)25-22)18-4-2-3-5-18/h12-13,17-19H,2-11,14H2,1H3,(H,23,24,25). The molecule has 32 heavy (non-hydrogen) atoms. The summed E-state index contributed by atoms with van der Waals surface area (Å²) in [7, 11) is -3.16. The van der Waals surface area contributed by atoms with Gasteiger partial charge in [-0.1, -0.05) is 12.8 Å². The number of sulfonamides is 1. The molecule has 3 aliphatic rings. The Labute approximate surface area is 188 Å². The van der Waals surface area contributed by atoms with Crippen molar-refractivity contribution in [3.05, 3.63) is 28.2 Å². The first-order valence-corrected chi connectivity index (χ1v) is 13.5. The first kappa shape index (κ1) is 21.8. The third-order valence-corrected chi connectivity index (χ3v) is 8.10. The van der Waals surface area contributed by atoms with Crippen LogP contribution in [0.4, 0.5) is 5.95 Å². The van der Waals surface area contributed by atoms with Gasteiger partial charge in [0.25, 0.3) is 5.56 Å². The van der Waals surface area contributed by atoms with Gasteiger partial charge in [-0.25, -0.2) is 17.7 Å². The van der Waals surface area contributed by atoms with Crippen molar-refractivity contribution in [1.82, 2.24) is 18.8 Å². The van der Waals surface area contributed by atoms with Gasteiger partial charge in [0.15, 0.2) is 0 Å². The minimum atomic E-state index is -3.16. The fraction of sp³-hybridized carbons (Fsp3) is 0.682. The molecule has 5 rings (SSSR count). The van der Waals surface area contributed by atoms with Crippen molar-refractivity contribution in [1.29, 1.82) is 0 Å². The van der Waals surface area contributed by atoms with E-state index in [9.17, 15) is 13.2 Å². The molecule has 0 aromatic carbocycles. The highest BCUT2D eigenvalue weighted by Gasteiger charge is 2.27. The zero-order valence-electron chi connectivity index (χ0n) is 18.5. The van der Waals surface area contributed by atoms with E-state index in [1.165, 1.54) is 10.6 Å². The van der Waals surface area contributed by atoms with E-state index in [1.807, 2.05) is 10.6 Å². The normalized spacial score (nSPS) is 21.4. The van der Waals surface area contributed by atoms with Crippen LogP contribution in [0.15, 0.2) is 17.1 Å². The Balaban J connectivity index is 1.41. The number of anilines is 1. The first-order valence-electron chi connectivity index (χ1n) is 11.6. The summed E-state index contributed by atoms with van der Waals surface area (Å²) >= 11 is 0. The SMILES string of the molecule is CS(=O)(=O)N1CCC(Nc2ncc3cc(COC4CC4)c(=O)n(C4CCCC4)c3n2)CC1. The number of fused-ring (bicyclic) bond motifs is 1. The van der Waals surface area contributed by atoms with E-state index in [4.69, 9.17) is 9.72 Å². The van der Waals surface area contributed by atoms with Gasteiger partial charge in [0.05, 0.1) is 19.0 Å². The van der Waals surface area contributed by atoms with Gasteiger partial charge in [-0.3, -0.25) is 9.36 Å². The van der Waals surface area contributed by atoms with Crippen molar-refractivity contribution in [3.63, 3.8) is 0 Å². The fourth-order valence-electron chi connectivity index (χ4n) is 4.81. The van der Waals surface area contributed by atoms with Gasteiger partial charge in [0.1, 0.15) is 5.65 Å². The number of rotatable bonds is 7. The van der Waals surface area contributed by atoms with Crippen molar-refractivity contribution in [2.45, 2.75) is 76.2 Å². The molecule has 0 unspecified atom stereocenters. The van der Waals surface area contributed by atoms with Crippen LogP contribution in [-0.4, -0.2) is 58.7 Å². The van der Waals surface area contributed by atoms with Crippen molar-refractivity contribution in [2.75, 3.05) is 24.7 Å². The molecule has 2 aromatic heterocycles. The maximum absolute atomic E-state index is 13.4. The molecule has 9 nitrogen and oxygen atoms in total. The van der Waals surface area contributed by atoms with Crippen LogP contribution in [0.3, 0.4) is 0 Å². The molecule has 10 heteroatoms. The number of ether oxygens (including phenoxy) is 1. The summed E-state index contributed by atoms with van der Waals surface area (Å²) in [6.07, 6.45) is 11.1. The van der Waals surface area contributed by atoms with Gasteiger partial charge in [0.2, 0.25) is 16.0 Å². The minimum absolute atomic E-state index is 0.00356. The lowest BCUT2D eigenvalue weighted by Crippen LogP contribution is -2.42. The van der Waals surface area contributed by atoms with E-state index >= 15 is 0 Å². The molecule has 1 saturated heterocycles. The molecular weight excluding hydrogens is 430 g/mol. The molecule has 1 aliphatic heterocycles. The lowest BCUT2D eigenvalue weighted by atomic mass is 10.1. The molecule has 0 amide bonds. The Kier molecular flexibility index (Phi) is 5.94. The number of piperidine rings is 1. The maximum atomic E-state index is 13.4. The molecule has 1 N–H and O–H groups in total. The molecule has 2 aromatic rings. The van der Waals surface area contributed by atoms with Gasteiger partial charge in [-0.2, -0.15) is 4.98 Å². The van der Waals surface area contributed by atoms with E-state index in [0.717, 1.165) is 43.9 Å². The number of hydrogen-bond donors (Lipinski definition) is 1. The number of nitrogens with zero attached hydrogens (tertiary/aromatic N) is 4. The van der Waals surface area contributed by atoms with Crippen LogP contribution < -0.4 is 10.9 Å². The van der Waals surface area contributed by atoms with E-state index in [1.54, 1.807) is 6.20 Å². The average molecular weight is 462 g/mol. The third-order valence-electron chi connectivity index (χ3n) is 6.79. The molecule has 0 atom stereocenters. The number of pyridine rings is 1. The summed E-state index contributed by atoms with van der Waals surface area (Å²) in [5.41, 5.74) is 1.34. The van der Waals surface area contributed by atoms with Crippen molar-refractivity contribution in [2.24, 2.45) is 0 Å². The van der Waals surface area contributed by atoms with Gasteiger partial charge < -0.3 is 10.1 Å². The van der Waals surface area contributed by atoms with Crippen LogP contribution in [-0.2, 0) is 21.4 Å². The van der Waals surface area contributed by atoms with Gasteiger partial charge in [-0.15, -0.1) is 0 Å². The number of nitrogens with one attached hydrogen (secondary N) is 1. The molecular formula is C22H31N5O4S. The van der Waals surface area contributed by atoms with Gasteiger partial charge in [0, 0.05) is 42.3 Å². The van der Waals surface area contributed by atoms with Crippen molar-refractivity contribution < 1.29 is 13.2 Å². The van der Waals surface area contributed by atoms with Crippen LogP contribution in [0.1, 0.15) is 63.0 Å². The number of hydrogen-bond acceptors (Lipinski definition) is 7. The first-order chi connectivity index (χ1) is 15.4. The molecule has 3 heterocycles. The Morgan fingerprint density at radius 3 is 2.50 bits per heavy atom. The van der Waals surface area contributed by atoms with E-state index < -0.39 is 10.0 Å². The third kappa shape index (κ3) is 4.67. The minimum Gasteiger partial charge on any atom is -0.373 e. The highest BCUT2D eigenvalue weighted by atomic mass is 32.2. The summed E-state index contributed by atoms with van der Waals surface area (Å²) in [5, 5.41) is 4.21. The molecule has 2 aliphatic carbocycles. The lowest BCUT2D eigenvalue weighted by Gasteiger charge is -2.30. The largest absolute Gasteiger partial charge is 0.373 e. The smallest absolute Gasteiger partial charge is 0.258 e. The van der Waals surface area contributed by atoms with Gasteiger partial charge >= 0.3 is 0 Å². The van der Waals surface area contributed by atoms with Crippen molar-refractivity contribution >= 4 is 27.0 Å². The predicted octanol–water partition coefficient (Wildman–Crippen LogP) is 2.42. The highest BCUT2D eigenvalue weighted by molar-refractivity contribution is 7.88. The van der Waals surface area contributed by atoms with Crippen molar-refractivity contribution in [3.8, 4) is 0 Å². The second-order valence-electron chi connectivity index (χ2n) is 9.35. The van der Waals surface area contributed by atoms with E-state index in [-0.39, 0.29) is 17.6 Å². The average Bonchev–Trinajstić information content (AvgIpc) is 3.44. The molecule has 3 fully saturated rings. The van der Waals surface area contributed by atoms with Crippen LogP contribution in [0.5, 0.6) is 0 Å². The summed E-state index contributed by atoms with van der Waals surface area (Å²) in [5.74, 6) is 0.489. The Hall–Kier alpha value is -2.04. The van der Waals surface area contributed by atoms with Crippen LogP contribution in [0, 0.1) is 0 Å². The zero-order chi connectivity index (χ0) is 22.3. The summed E-state index contributed by atoms with van der Waals surface area (Å²) in [6.45, 7) is 1.31. The fourth-order valence-corrected chi connectivity index (χ4v) is 5.68. The number of aromatic nitrogens is 3. The highest BCUT2D eigenvalue weighted by Crippen LogP contribution is 2.31. The van der Waals surface area contributed by atoms with Crippen LogP contribution >= 0.6 is 0 Å². The monoisotopic (exact) mass is 461 g/mol. The molecule has 0 radical (unpaired) electrons. The molecule has 0 spiro atoms. The zero-order valence-corrected chi connectivity index (χ0v) is 19.3. The second-order valence-corrected chi connectivity index (χ2v) is 11.3. The Morgan fingerprint density at radius 1 is 1.12 bits per heavy atom.